The van der Waals surface area contributed by atoms with Gasteiger partial charge in [-0.05, 0) is 78.3 Å². The van der Waals surface area contributed by atoms with Crippen molar-refractivity contribution in [2.24, 2.45) is 0 Å². The number of rotatable bonds is 1. The molecule has 34 heavy (non-hydrogen) atoms. The van der Waals surface area contributed by atoms with E-state index in [1.54, 1.807) is 18.1 Å². The van der Waals surface area contributed by atoms with Gasteiger partial charge < -0.3 is 10.4 Å². The molecule has 6 nitrogen and oxygen atoms in total. The van der Waals surface area contributed by atoms with Crippen LogP contribution in [0.4, 0.5) is 0 Å². The van der Waals surface area contributed by atoms with E-state index in [2.05, 4.69) is 69.2 Å². The van der Waals surface area contributed by atoms with Crippen molar-refractivity contribution in [3.05, 3.63) is 107 Å². The summed E-state index contributed by atoms with van der Waals surface area (Å²) >= 11 is 0. The minimum Gasteiger partial charge on any atom is -0.477 e. The zero-order chi connectivity index (χ0) is 23.8. The number of carbonyl (C=O) groups is 1. The van der Waals surface area contributed by atoms with Gasteiger partial charge >= 0.3 is 5.97 Å². The molecule has 174 valence electrons. The van der Waals surface area contributed by atoms with Crippen LogP contribution in [0.3, 0.4) is 0 Å². The highest BCUT2D eigenvalue weighted by atomic mass is 16.4. The summed E-state index contributed by atoms with van der Waals surface area (Å²) in [5.74, 6) is -0.551. The normalized spacial score (nSPS) is 14.6. The quantitative estimate of drug-likeness (QED) is 0.477. The van der Waals surface area contributed by atoms with Crippen LogP contribution in [0.2, 0.25) is 0 Å². The molecule has 2 aliphatic carbocycles. The summed E-state index contributed by atoms with van der Waals surface area (Å²) < 4.78 is 0. The fourth-order valence-electron chi connectivity index (χ4n) is 4.40. The molecule has 1 aliphatic heterocycles. The van der Waals surface area contributed by atoms with Crippen molar-refractivity contribution in [2.75, 3.05) is 13.2 Å². The van der Waals surface area contributed by atoms with Crippen LogP contribution in [-0.4, -0.2) is 34.3 Å². The second-order valence-corrected chi connectivity index (χ2v) is 8.30. The molecule has 6 heteroatoms. The number of carboxylic acids is 1. The van der Waals surface area contributed by atoms with Gasteiger partial charge in [0.1, 0.15) is 5.82 Å². The van der Waals surface area contributed by atoms with Crippen molar-refractivity contribution in [2.45, 2.75) is 32.6 Å². The smallest absolute Gasteiger partial charge is 0.354 e. The van der Waals surface area contributed by atoms with E-state index < -0.39 is 5.97 Å². The topological polar surface area (TPSA) is 87.1 Å². The average molecular weight is 455 g/mol. The zero-order valence-corrected chi connectivity index (χ0v) is 19.4. The van der Waals surface area contributed by atoms with E-state index in [-0.39, 0.29) is 5.69 Å². The van der Waals surface area contributed by atoms with E-state index in [9.17, 15) is 4.79 Å². The van der Waals surface area contributed by atoms with Crippen molar-refractivity contribution in [3.63, 3.8) is 0 Å². The molecule has 3 aromatic rings. The SMILES string of the molecule is C1=CCc2c(ccc3c2CCc2ccccc2-3)C1.C1=CNCNC1.Cc1nccc(C(=O)O)n1. The molecular weight excluding hydrogens is 424 g/mol. The largest absolute Gasteiger partial charge is 0.477 e. The molecule has 0 saturated carbocycles. The van der Waals surface area contributed by atoms with E-state index in [1.807, 2.05) is 12.3 Å². The molecule has 1 aromatic heterocycles. The zero-order valence-electron chi connectivity index (χ0n) is 19.4. The van der Waals surface area contributed by atoms with Crippen molar-refractivity contribution in [1.82, 2.24) is 20.6 Å². The number of allylic oxidation sites excluding steroid dienone is 2. The Kier molecular flexibility index (Phi) is 7.83. The number of carboxylic acid groups (broad SMARTS) is 1. The van der Waals surface area contributed by atoms with Gasteiger partial charge in [-0.25, -0.2) is 14.8 Å². The molecule has 0 spiro atoms. The van der Waals surface area contributed by atoms with Crippen LogP contribution in [0.1, 0.15) is 38.6 Å². The molecule has 2 heterocycles. The Morgan fingerprint density at radius 2 is 1.76 bits per heavy atom. The summed E-state index contributed by atoms with van der Waals surface area (Å²) in [4.78, 5) is 17.7. The third kappa shape index (κ3) is 5.77. The van der Waals surface area contributed by atoms with Crippen LogP contribution < -0.4 is 10.6 Å². The summed E-state index contributed by atoms with van der Waals surface area (Å²) in [5.41, 5.74) is 9.22. The molecule has 3 N–H and O–H groups in total. The lowest BCUT2D eigenvalue weighted by atomic mass is 9.79. The van der Waals surface area contributed by atoms with Gasteiger partial charge in [-0.2, -0.15) is 0 Å². The summed E-state index contributed by atoms with van der Waals surface area (Å²) in [5, 5.41) is 14.5. The Balaban J connectivity index is 0.000000144. The molecule has 0 atom stereocenters. The number of fused-ring (bicyclic) bond motifs is 5. The van der Waals surface area contributed by atoms with Gasteiger partial charge in [-0.3, -0.25) is 5.32 Å². The van der Waals surface area contributed by atoms with Gasteiger partial charge in [0.05, 0.1) is 6.67 Å². The Labute approximate surface area is 200 Å². The van der Waals surface area contributed by atoms with Gasteiger partial charge in [-0.15, -0.1) is 0 Å². The van der Waals surface area contributed by atoms with Gasteiger partial charge in [0.25, 0.3) is 0 Å². The van der Waals surface area contributed by atoms with E-state index in [0.717, 1.165) is 26.1 Å². The lowest BCUT2D eigenvalue weighted by molar-refractivity contribution is 0.0690. The minimum atomic E-state index is -1.02. The molecule has 3 aliphatic rings. The van der Waals surface area contributed by atoms with Crippen LogP contribution in [0, 0.1) is 6.92 Å². The number of aryl methyl sites for hydroxylation is 2. The van der Waals surface area contributed by atoms with Crippen LogP contribution in [0.15, 0.2) is 73.1 Å². The Morgan fingerprint density at radius 3 is 2.44 bits per heavy atom. The molecule has 0 radical (unpaired) electrons. The van der Waals surface area contributed by atoms with E-state index in [4.69, 9.17) is 5.11 Å². The van der Waals surface area contributed by atoms with Crippen LogP contribution >= 0.6 is 0 Å². The maximum atomic E-state index is 10.3. The molecule has 6 rings (SSSR count). The van der Waals surface area contributed by atoms with E-state index >= 15 is 0 Å². The third-order valence-corrected chi connectivity index (χ3v) is 6.03. The van der Waals surface area contributed by atoms with Gasteiger partial charge in [0.2, 0.25) is 0 Å². The van der Waals surface area contributed by atoms with E-state index in [0.29, 0.717) is 5.82 Å². The average Bonchev–Trinajstić information content (AvgIpc) is 2.90. The maximum Gasteiger partial charge on any atom is 0.354 e. The maximum absolute atomic E-state index is 10.3. The molecular formula is C28H30N4O2. The Morgan fingerprint density at radius 1 is 0.912 bits per heavy atom. The van der Waals surface area contributed by atoms with Gasteiger partial charge in [-0.1, -0.05) is 54.6 Å². The predicted octanol–water partition coefficient (Wildman–Crippen LogP) is 4.24. The highest BCUT2D eigenvalue weighted by Gasteiger charge is 2.20. The molecule has 0 amide bonds. The summed E-state index contributed by atoms with van der Waals surface area (Å²) in [6.07, 6.45) is 14.7. The fourth-order valence-corrected chi connectivity index (χ4v) is 4.40. The second-order valence-electron chi connectivity index (χ2n) is 8.30. The fraction of sp³-hybridized carbons (Fsp3) is 0.250. The lowest BCUT2D eigenvalue weighted by Crippen LogP contribution is -2.29. The van der Waals surface area contributed by atoms with Crippen molar-refractivity contribution < 1.29 is 9.90 Å². The molecule has 0 fully saturated rings. The van der Waals surface area contributed by atoms with Crippen molar-refractivity contribution in [3.8, 4) is 11.1 Å². The van der Waals surface area contributed by atoms with Crippen LogP contribution in [-0.2, 0) is 25.7 Å². The highest BCUT2D eigenvalue weighted by molar-refractivity contribution is 5.85. The molecule has 0 unspecified atom stereocenters. The van der Waals surface area contributed by atoms with Crippen LogP contribution in [0.5, 0.6) is 0 Å². The minimum absolute atomic E-state index is 0.0347. The first-order chi connectivity index (χ1) is 16.6. The number of benzene rings is 2. The number of hydrogen-bond acceptors (Lipinski definition) is 5. The third-order valence-electron chi connectivity index (χ3n) is 6.03. The number of aromatic nitrogens is 2. The second kappa shape index (κ2) is 11.4. The molecule has 0 bridgehead atoms. The molecule has 2 aromatic carbocycles. The highest BCUT2D eigenvalue weighted by Crippen LogP contribution is 2.37. The Hall–Kier alpha value is -3.77. The summed E-state index contributed by atoms with van der Waals surface area (Å²) in [7, 11) is 0. The lowest BCUT2D eigenvalue weighted by Gasteiger charge is -2.25. The number of nitrogens with one attached hydrogen (secondary N) is 2. The number of nitrogens with zero attached hydrogens (tertiary/aromatic N) is 2. The van der Waals surface area contributed by atoms with Gasteiger partial charge in [0.15, 0.2) is 5.69 Å². The van der Waals surface area contributed by atoms with Crippen LogP contribution in [0.25, 0.3) is 11.1 Å². The molecule has 0 saturated heterocycles. The van der Waals surface area contributed by atoms with Gasteiger partial charge in [0, 0.05) is 12.7 Å². The Bertz CT molecular complexity index is 1210. The van der Waals surface area contributed by atoms with Crippen molar-refractivity contribution in [1.29, 1.82) is 0 Å². The van der Waals surface area contributed by atoms with Crippen molar-refractivity contribution >= 4 is 5.97 Å². The van der Waals surface area contributed by atoms with E-state index in [1.165, 1.54) is 47.4 Å². The summed E-state index contributed by atoms with van der Waals surface area (Å²) in [6, 6.07) is 14.9. The number of hydrogen-bond donors (Lipinski definition) is 3. The first-order valence-corrected chi connectivity index (χ1v) is 11.6. The standard InChI is InChI=1S/C18H16.C6H6N2O2.C4H8N2/c1-3-7-15-13(5-1)9-11-18-16-8-4-2-6-14(16)10-12-17(15)18;1-4-7-3-2-5(8-4)6(9)10;1-2-5-4-6-3-1/h1-5,7,10,12H,6,8-9,11H2;2-3H,1H3,(H,9,10);1-2,5-6H,3-4H2. The summed E-state index contributed by atoms with van der Waals surface area (Å²) in [6.45, 7) is 3.57. The predicted molar refractivity (Wildman–Crippen MR) is 135 cm³/mol. The number of aromatic carboxylic acids is 1. The first kappa shape index (κ1) is 23.4. The monoisotopic (exact) mass is 454 g/mol. The first-order valence-electron chi connectivity index (χ1n) is 11.6.